The molecular formula is C11H10F2O. The molecule has 1 atom stereocenters. The second-order valence-corrected chi connectivity index (χ2v) is 2.89. The Kier molecular flexibility index (Phi) is 3.08. The number of benzene rings is 1. The largest absolute Gasteiger partial charge is 0.496 e. The number of hydrogen-bond donors (Lipinski definition) is 0. The Hall–Kier alpha value is -1.56. The van der Waals surface area contributed by atoms with E-state index < -0.39 is 17.6 Å². The number of terminal acetylenes is 1. The van der Waals surface area contributed by atoms with Crippen LogP contribution in [0.5, 0.6) is 5.75 Å². The van der Waals surface area contributed by atoms with E-state index in [-0.39, 0.29) is 11.3 Å². The Morgan fingerprint density at radius 3 is 2.57 bits per heavy atom. The summed E-state index contributed by atoms with van der Waals surface area (Å²) in [4.78, 5) is 0. The topological polar surface area (TPSA) is 9.23 Å². The summed E-state index contributed by atoms with van der Waals surface area (Å²) < 4.78 is 31.0. The van der Waals surface area contributed by atoms with E-state index in [0.29, 0.717) is 0 Å². The van der Waals surface area contributed by atoms with E-state index in [9.17, 15) is 8.78 Å². The average Bonchev–Trinajstić information content (AvgIpc) is 2.15. The standard InChI is InChI=1S/C11H10F2O/c1-4-7(2)11-9(13)5-8(12)6-10(11)14-3/h1,5-7H,2-3H3. The van der Waals surface area contributed by atoms with Crippen molar-refractivity contribution in [3.05, 3.63) is 29.3 Å². The van der Waals surface area contributed by atoms with Crippen LogP contribution in [-0.2, 0) is 0 Å². The normalized spacial score (nSPS) is 11.9. The van der Waals surface area contributed by atoms with Crippen LogP contribution in [0.1, 0.15) is 18.4 Å². The van der Waals surface area contributed by atoms with E-state index in [1.54, 1.807) is 6.92 Å². The molecule has 1 nitrogen and oxygen atoms in total. The van der Waals surface area contributed by atoms with Gasteiger partial charge in [0.25, 0.3) is 0 Å². The van der Waals surface area contributed by atoms with Gasteiger partial charge in [-0.3, -0.25) is 0 Å². The van der Waals surface area contributed by atoms with Gasteiger partial charge in [0, 0.05) is 23.6 Å². The van der Waals surface area contributed by atoms with Crippen LogP contribution in [0.2, 0.25) is 0 Å². The zero-order valence-electron chi connectivity index (χ0n) is 7.97. The van der Waals surface area contributed by atoms with Crippen molar-refractivity contribution in [2.24, 2.45) is 0 Å². The number of hydrogen-bond acceptors (Lipinski definition) is 1. The maximum atomic E-state index is 13.3. The van der Waals surface area contributed by atoms with Gasteiger partial charge in [-0.15, -0.1) is 6.42 Å². The summed E-state index contributed by atoms with van der Waals surface area (Å²) >= 11 is 0. The number of methoxy groups -OCH3 is 1. The molecule has 0 bridgehead atoms. The second kappa shape index (κ2) is 4.10. The van der Waals surface area contributed by atoms with Crippen molar-refractivity contribution in [3.63, 3.8) is 0 Å². The van der Waals surface area contributed by atoms with Crippen molar-refractivity contribution in [1.29, 1.82) is 0 Å². The molecule has 1 aromatic rings. The van der Waals surface area contributed by atoms with E-state index >= 15 is 0 Å². The molecule has 3 heteroatoms. The third kappa shape index (κ3) is 1.85. The van der Waals surface area contributed by atoms with Gasteiger partial charge in [0.1, 0.15) is 17.4 Å². The Morgan fingerprint density at radius 1 is 1.43 bits per heavy atom. The van der Waals surface area contributed by atoms with Crippen LogP contribution >= 0.6 is 0 Å². The van der Waals surface area contributed by atoms with Crippen LogP contribution in [0.4, 0.5) is 8.78 Å². The van der Waals surface area contributed by atoms with E-state index in [4.69, 9.17) is 11.2 Å². The minimum atomic E-state index is -0.674. The van der Waals surface area contributed by atoms with Crippen molar-refractivity contribution in [2.75, 3.05) is 7.11 Å². The molecule has 0 saturated carbocycles. The van der Waals surface area contributed by atoms with Crippen molar-refractivity contribution >= 4 is 0 Å². The minimum absolute atomic E-state index is 0.146. The number of halogens is 2. The van der Waals surface area contributed by atoms with Crippen molar-refractivity contribution < 1.29 is 13.5 Å². The highest BCUT2D eigenvalue weighted by Crippen LogP contribution is 2.29. The maximum Gasteiger partial charge on any atom is 0.134 e. The first-order valence-electron chi connectivity index (χ1n) is 4.09. The first-order chi connectivity index (χ1) is 6.60. The lowest BCUT2D eigenvalue weighted by Crippen LogP contribution is -2.00. The molecule has 1 rings (SSSR count). The molecule has 0 heterocycles. The summed E-state index contributed by atoms with van der Waals surface area (Å²) in [6, 6.07) is 1.91. The first-order valence-corrected chi connectivity index (χ1v) is 4.09. The molecule has 0 spiro atoms. The Bertz CT molecular complexity index is 380. The van der Waals surface area contributed by atoms with Crippen LogP contribution in [0, 0.1) is 24.0 Å². The highest BCUT2D eigenvalue weighted by molar-refractivity contribution is 5.40. The molecular weight excluding hydrogens is 186 g/mol. The second-order valence-electron chi connectivity index (χ2n) is 2.89. The van der Waals surface area contributed by atoms with Crippen molar-refractivity contribution in [2.45, 2.75) is 12.8 Å². The Morgan fingerprint density at radius 2 is 2.07 bits per heavy atom. The van der Waals surface area contributed by atoms with E-state index in [2.05, 4.69) is 5.92 Å². The van der Waals surface area contributed by atoms with Crippen LogP contribution in [0.3, 0.4) is 0 Å². The smallest absolute Gasteiger partial charge is 0.134 e. The van der Waals surface area contributed by atoms with Gasteiger partial charge in [0.15, 0.2) is 0 Å². The zero-order chi connectivity index (χ0) is 10.7. The number of ether oxygens (including phenoxy) is 1. The molecule has 0 aliphatic carbocycles. The van der Waals surface area contributed by atoms with Gasteiger partial charge in [-0.1, -0.05) is 5.92 Å². The molecule has 74 valence electrons. The SMILES string of the molecule is C#CC(C)c1c(F)cc(F)cc1OC. The van der Waals surface area contributed by atoms with Gasteiger partial charge >= 0.3 is 0 Å². The molecule has 0 aromatic heterocycles. The van der Waals surface area contributed by atoms with Gasteiger partial charge in [-0.05, 0) is 6.92 Å². The van der Waals surface area contributed by atoms with Crippen LogP contribution in [-0.4, -0.2) is 7.11 Å². The van der Waals surface area contributed by atoms with E-state index in [1.165, 1.54) is 7.11 Å². The third-order valence-corrected chi connectivity index (χ3v) is 1.96. The molecule has 0 amide bonds. The van der Waals surface area contributed by atoms with Crippen LogP contribution in [0.15, 0.2) is 12.1 Å². The van der Waals surface area contributed by atoms with Gasteiger partial charge in [-0.25, -0.2) is 8.78 Å². The van der Waals surface area contributed by atoms with Crippen LogP contribution in [0.25, 0.3) is 0 Å². The maximum absolute atomic E-state index is 13.3. The van der Waals surface area contributed by atoms with Gasteiger partial charge < -0.3 is 4.74 Å². The lowest BCUT2D eigenvalue weighted by atomic mass is 10.0. The number of rotatable bonds is 2. The quantitative estimate of drug-likeness (QED) is 0.661. The molecule has 1 aromatic carbocycles. The summed E-state index contributed by atoms with van der Waals surface area (Å²) in [5.41, 5.74) is 0.219. The van der Waals surface area contributed by atoms with Gasteiger partial charge in [0.05, 0.1) is 7.11 Å². The van der Waals surface area contributed by atoms with E-state index in [1.807, 2.05) is 0 Å². The first kappa shape index (κ1) is 10.5. The summed E-state index contributed by atoms with van der Waals surface area (Å²) in [6.07, 6.45) is 5.17. The van der Waals surface area contributed by atoms with Gasteiger partial charge in [-0.2, -0.15) is 0 Å². The summed E-state index contributed by atoms with van der Waals surface area (Å²) in [5.74, 6) is 0.733. The molecule has 0 aliphatic heterocycles. The average molecular weight is 196 g/mol. The lowest BCUT2D eigenvalue weighted by Gasteiger charge is -2.11. The predicted octanol–water partition coefficient (Wildman–Crippen LogP) is 2.71. The Balaban J connectivity index is 3.34. The summed E-state index contributed by atoms with van der Waals surface area (Å²) in [7, 11) is 1.35. The molecule has 0 saturated heterocycles. The zero-order valence-corrected chi connectivity index (χ0v) is 7.97. The summed E-state index contributed by atoms with van der Waals surface area (Å²) in [5, 5.41) is 0. The van der Waals surface area contributed by atoms with Crippen molar-refractivity contribution in [3.8, 4) is 18.1 Å². The van der Waals surface area contributed by atoms with Crippen LogP contribution < -0.4 is 4.74 Å². The monoisotopic (exact) mass is 196 g/mol. The molecule has 0 aliphatic rings. The highest BCUT2D eigenvalue weighted by Gasteiger charge is 2.16. The molecule has 0 fully saturated rings. The molecule has 0 N–H and O–H groups in total. The van der Waals surface area contributed by atoms with Gasteiger partial charge in [0.2, 0.25) is 0 Å². The summed E-state index contributed by atoms with van der Waals surface area (Å²) in [6.45, 7) is 1.65. The fraction of sp³-hybridized carbons (Fsp3) is 0.273. The third-order valence-electron chi connectivity index (χ3n) is 1.96. The molecule has 0 radical (unpaired) electrons. The fourth-order valence-electron chi connectivity index (χ4n) is 1.23. The predicted molar refractivity (Wildman–Crippen MR) is 50.2 cm³/mol. The fourth-order valence-corrected chi connectivity index (χ4v) is 1.23. The molecule has 1 unspecified atom stereocenters. The minimum Gasteiger partial charge on any atom is -0.496 e. The van der Waals surface area contributed by atoms with Crippen molar-refractivity contribution in [1.82, 2.24) is 0 Å². The Labute approximate surface area is 81.7 Å². The highest BCUT2D eigenvalue weighted by atomic mass is 19.1. The van der Waals surface area contributed by atoms with E-state index in [0.717, 1.165) is 12.1 Å². The molecule has 14 heavy (non-hydrogen) atoms. The lowest BCUT2D eigenvalue weighted by molar-refractivity contribution is 0.398.